The minimum Gasteiger partial charge on any atom is -0.375 e. The largest absolute Gasteiger partial charge is 0.375 e. The average molecular weight is 948 g/mol. The zero-order valence-electron chi connectivity index (χ0n) is 42.7. The maximum atomic E-state index is 2.72. The molecule has 3 heterocycles. The van der Waals surface area contributed by atoms with E-state index in [9.17, 15) is 0 Å². The maximum Gasteiger partial charge on any atom is 0.333 e. The van der Waals surface area contributed by atoms with Gasteiger partial charge in [-0.1, -0.05) is 181 Å². The van der Waals surface area contributed by atoms with Crippen molar-refractivity contribution < 1.29 is 0 Å². The number of fused-ring (bicyclic) bond motifs is 16. The summed E-state index contributed by atoms with van der Waals surface area (Å²) in [4.78, 5) is 5.11. The standard InChI is InChI=1S/C70H54BN3/c1-69(2,3)46-38-47(70(4,5)6)40-50(39-46)73-64-37-45-35-59-56-30-18-16-28-54(56)53-27-15-17-29-55(53)58(59)34-44(45)36-62(64)71-67-60(41-51(42-65(67)73)72(48-22-9-7-10-23-48)49-24-11-8-12-25-49)61-33-43-21-13-14-26-52(43)66-57-31-19-20-32-63(57)74(71)68(61)66/h7-42H,1-6H3. The van der Waals surface area contributed by atoms with Gasteiger partial charge in [0.05, 0.1) is 0 Å². The van der Waals surface area contributed by atoms with Gasteiger partial charge in [-0.15, -0.1) is 0 Å². The molecule has 2 aliphatic rings. The van der Waals surface area contributed by atoms with Gasteiger partial charge in [0.25, 0.3) is 0 Å². The number of anilines is 6. The zero-order valence-corrected chi connectivity index (χ0v) is 42.7. The van der Waals surface area contributed by atoms with Crippen LogP contribution in [0.5, 0.6) is 0 Å². The molecule has 0 spiro atoms. The Morgan fingerprint density at radius 2 is 0.892 bits per heavy atom. The Labute approximate surface area is 432 Å². The van der Waals surface area contributed by atoms with Crippen LogP contribution in [0.3, 0.4) is 0 Å². The molecule has 0 aliphatic carbocycles. The van der Waals surface area contributed by atoms with E-state index in [1.54, 1.807) is 0 Å². The average Bonchev–Trinajstić information content (AvgIpc) is 3.78. The first-order valence-corrected chi connectivity index (χ1v) is 26.3. The van der Waals surface area contributed by atoms with E-state index in [0.29, 0.717) is 0 Å². The molecule has 0 radical (unpaired) electrons. The third-order valence-corrected chi connectivity index (χ3v) is 16.5. The van der Waals surface area contributed by atoms with E-state index in [4.69, 9.17) is 0 Å². The second-order valence-electron chi connectivity index (χ2n) is 22.9. The van der Waals surface area contributed by atoms with E-state index < -0.39 is 0 Å². The molecule has 13 aromatic rings. The van der Waals surface area contributed by atoms with Crippen molar-refractivity contribution in [1.29, 1.82) is 0 Å². The summed E-state index contributed by atoms with van der Waals surface area (Å²) >= 11 is 0. The predicted octanol–water partition coefficient (Wildman–Crippen LogP) is 18.0. The summed E-state index contributed by atoms with van der Waals surface area (Å²) < 4.78 is 2.72. The highest BCUT2D eigenvalue weighted by molar-refractivity contribution is 6.90. The molecule has 4 heteroatoms. The van der Waals surface area contributed by atoms with Gasteiger partial charge in [-0.25, -0.2) is 0 Å². The lowest BCUT2D eigenvalue weighted by molar-refractivity contribution is 0.569. The summed E-state index contributed by atoms with van der Waals surface area (Å²) in [7, 11) is 0. The molecular weight excluding hydrogens is 894 g/mol. The Morgan fingerprint density at radius 3 is 1.49 bits per heavy atom. The lowest BCUT2D eigenvalue weighted by atomic mass is 9.45. The smallest absolute Gasteiger partial charge is 0.333 e. The lowest BCUT2D eigenvalue weighted by Gasteiger charge is -2.42. The summed E-state index contributed by atoms with van der Waals surface area (Å²) in [5, 5.41) is 15.3. The molecule has 0 unspecified atom stereocenters. The van der Waals surface area contributed by atoms with Gasteiger partial charge in [-0.3, -0.25) is 0 Å². The number of hydrogen-bond donors (Lipinski definition) is 0. The van der Waals surface area contributed by atoms with Crippen molar-refractivity contribution in [3.05, 3.63) is 230 Å². The van der Waals surface area contributed by atoms with Gasteiger partial charge in [0.2, 0.25) is 0 Å². The van der Waals surface area contributed by atoms with Crippen LogP contribution in [0.15, 0.2) is 218 Å². The second-order valence-corrected chi connectivity index (χ2v) is 22.9. The number of para-hydroxylation sites is 3. The molecule has 0 bridgehead atoms. The van der Waals surface area contributed by atoms with Gasteiger partial charge in [0, 0.05) is 61.5 Å². The second kappa shape index (κ2) is 15.5. The fourth-order valence-electron chi connectivity index (χ4n) is 13.0. The van der Waals surface area contributed by atoms with E-state index in [-0.39, 0.29) is 17.7 Å². The molecule has 0 saturated heterocycles. The van der Waals surface area contributed by atoms with Gasteiger partial charge in [-0.05, 0) is 171 Å². The van der Waals surface area contributed by atoms with Crippen LogP contribution in [-0.2, 0) is 10.8 Å². The Bertz CT molecular complexity index is 4440. The van der Waals surface area contributed by atoms with Crippen molar-refractivity contribution in [2.45, 2.75) is 52.4 Å². The van der Waals surface area contributed by atoms with E-state index in [1.807, 2.05) is 0 Å². The van der Waals surface area contributed by atoms with Gasteiger partial charge in [0.15, 0.2) is 0 Å². The monoisotopic (exact) mass is 947 g/mol. The highest BCUT2D eigenvalue weighted by atomic mass is 15.2. The molecule has 3 nitrogen and oxygen atoms in total. The van der Waals surface area contributed by atoms with Crippen LogP contribution in [0.1, 0.15) is 52.7 Å². The van der Waals surface area contributed by atoms with Crippen molar-refractivity contribution in [2.24, 2.45) is 0 Å². The topological polar surface area (TPSA) is 11.4 Å². The highest BCUT2D eigenvalue weighted by Gasteiger charge is 2.44. The number of aromatic nitrogens is 1. The van der Waals surface area contributed by atoms with Crippen LogP contribution in [-0.4, -0.2) is 11.3 Å². The number of rotatable bonds is 4. The highest BCUT2D eigenvalue weighted by Crippen LogP contribution is 2.51. The molecule has 0 fully saturated rings. The molecule has 352 valence electrons. The summed E-state index contributed by atoms with van der Waals surface area (Å²) in [6.45, 7) is 14.0. The van der Waals surface area contributed by atoms with E-state index in [0.717, 1.165) is 17.1 Å². The quantitative estimate of drug-likeness (QED) is 0.0989. The molecule has 0 N–H and O–H groups in total. The Hall–Kier alpha value is -8.60. The maximum absolute atomic E-state index is 2.72. The summed E-state index contributed by atoms with van der Waals surface area (Å²) in [6, 6.07) is 83.0. The molecule has 15 rings (SSSR count). The van der Waals surface area contributed by atoms with Crippen LogP contribution in [0.2, 0.25) is 0 Å². The van der Waals surface area contributed by atoms with Crippen molar-refractivity contribution in [3.63, 3.8) is 0 Å². The summed E-state index contributed by atoms with van der Waals surface area (Å²) in [6.07, 6.45) is 0. The van der Waals surface area contributed by atoms with Gasteiger partial charge >= 0.3 is 6.85 Å². The summed E-state index contributed by atoms with van der Waals surface area (Å²) in [5.74, 6) is 0. The van der Waals surface area contributed by atoms with Gasteiger partial charge in [0.1, 0.15) is 0 Å². The molecule has 74 heavy (non-hydrogen) atoms. The van der Waals surface area contributed by atoms with Crippen LogP contribution in [0.4, 0.5) is 34.1 Å². The van der Waals surface area contributed by atoms with E-state index >= 15 is 0 Å². The summed E-state index contributed by atoms with van der Waals surface area (Å²) in [5.41, 5.74) is 17.0. The first kappa shape index (κ1) is 43.0. The first-order chi connectivity index (χ1) is 36.0. The predicted molar refractivity (Wildman–Crippen MR) is 320 cm³/mol. The normalized spacial score (nSPS) is 13.2. The minimum atomic E-state index is -0.139. The lowest BCUT2D eigenvalue weighted by Crippen LogP contribution is -2.56. The Kier molecular flexibility index (Phi) is 8.99. The Morgan fingerprint density at radius 1 is 0.378 bits per heavy atom. The number of nitrogens with zero attached hydrogens (tertiary/aromatic N) is 3. The van der Waals surface area contributed by atoms with E-state index in [1.165, 1.54) is 126 Å². The van der Waals surface area contributed by atoms with Crippen molar-refractivity contribution in [3.8, 4) is 11.1 Å². The van der Waals surface area contributed by atoms with E-state index in [2.05, 4.69) is 274 Å². The molecule has 0 amide bonds. The molecule has 0 saturated carbocycles. The molecule has 2 aliphatic heterocycles. The molecule has 0 atom stereocenters. The Balaban J connectivity index is 1.14. The first-order valence-electron chi connectivity index (χ1n) is 26.3. The SMILES string of the molecule is CC(C)(C)c1cc(N2c3cc4cc5c6ccccc6c6ccccc6c5cc4cc3B3c4c(cc(N(c5ccccc5)c5ccccc5)cc42)-c2cc4ccccc4c4c5ccccc5n3c24)cc(C(C)(C)C)c1. The molecule has 12 aromatic carbocycles. The third kappa shape index (κ3) is 6.21. The van der Waals surface area contributed by atoms with Crippen molar-refractivity contribution >= 4 is 128 Å². The van der Waals surface area contributed by atoms with Crippen molar-refractivity contribution in [1.82, 2.24) is 4.48 Å². The minimum absolute atomic E-state index is 0.0996. The fourth-order valence-corrected chi connectivity index (χ4v) is 13.0. The van der Waals surface area contributed by atoms with Gasteiger partial charge in [-0.2, -0.15) is 0 Å². The third-order valence-electron chi connectivity index (χ3n) is 16.5. The van der Waals surface area contributed by atoms with Crippen molar-refractivity contribution in [2.75, 3.05) is 9.80 Å². The fraction of sp³-hybridized carbons (Fsp3) is 0.114. The van der Waals surface area contributed by atoms with Crippen LogP contribution in [0, 0.1) is 0 Å². The number of benzene rings is 12. The van der Waals surface area contributed by atoms with Crippen LogP contribution in [0.25, 0.3) is 86.8 Å². The van der Waals surface area contributed by atoms with Gasteiger partial charge < -0.3 is 14.3 Å². The molecular formula is C70H54BN3. The zero-order chi connectivity index (χ0) is 49.8. The number of hydrogen-bond acceptors (Lipinski definition) is 2. The van der Waals surface area contributed by atoms with Crippen LogP contribution < -0.4 is 20.7 Å². The van der Waals surface area contributed by atoms with Crippen LogP contribution >= 0.6 is 0 Å². The molecule has 1 aromatic heterocycles.